The molecule has 0 spiro atoms. The molecule has 0 saturated heterocycles. The summed E-state index contributed by atoms with van der Waals surface area (Å²) in [7, 11) is 0. The summed E-state index contributed by atoms with van der Waals surface area (Å²) in [5.74, 6) is 2.39. The maximum Gasteiger partial charge on any atom is 0.237 e. The quantitative estimate of drug-likeness (QED) is 0.345. The SMILES string of the molecule is Cc1ccccc1-c1noc(CSc2ccc(-c3ccc(CC(C)C)cc3)nn2)n1. The number of benzene rings is 2. The van der Waals surface area contributed by atoms with Gasteiger partial charge < -0.3 is 4.52 Å². The number of hydrogen-bond donors (Lipinski definition) is 0. The molecular formula is C24H24N4OS. The van der Waals surface area contributed by atoms with Gasteiger partial charge in [0.15, 0.2) is 0 Å². The third-order valence-electron chi connectivity index (χ3n) is 4.73. The topological polar surface area (TPSA) is 64.7 Å². The molecule has 0 aliphatic carbocycles. The largest absolute Gasteiger partial charge is 0.338 e. The highest BCUT2D eigenvalue weighted by Gasteiger charge is 2.11. The van der Waals surface area contributed by atoms with Crippen molar-refractivity contribution in [2.24, 2.45) is 5.92 Å². The number of hydrogen-bond acceptors (Lipinski definition) is 6. The smallest absolute Gasteiger partial charge is 0.237 e. The first kappa shape index (κ1) is 20.3. The summed E-state index contributed by atoms with van der Waals surface area (Å²) in [6, 6.07) is 20.5. The van der Waals surface area contributed by atoms with Gasteiger partial charge in [0.2, 0.25) is 11.7 Å². The molecule has 30 heavy (non-hydrogen) atoms. The van der Waals surface area contributed by atoms with Crippen molar-refractivity contribution in [3.63, 3.8) is 0 Å². The molecule has 0 bridgehead atoms. The normalized spacial score (nSPS) is 11.2. The Balaban J connectivity index is 1.38. The number of aryl methyl sites for hydroxylation is 1. The fourth-order valence-electron chi connectivity index (χ4n) is 3.22. The van der Waals surface area contributed by atoms with Crippen molar-refractivity contribution in [3.8, 4) is 22.6 Å². The molecule has 2 aromatic carbocycles. The fourth-order valence-corrected chi connectivity index (χ4v) is 3.87. The first-order valence-corrected chi connectivity index (χ1v) is 11.0. The molecule has 0 N–H and O–H groups in total. The van der Waals surface area contributed by atoms with Crippen molar-refractivity contribution < 1.29 is 4.52 Å². The van der Waals surface area contributed by atoms with E-state index in [9.17, 15) is 0 Å². The van der Waals surface area contributed by atoms with Crippen LogP contribution in [0.3, 0.4) is 0 Å². The van der Waals surface area contributed by atoms with E-state index in [1.807, 2.05) is 43.3 Å². The first-order valence-electron chi connectivity index (χ1n) is 10.0. The lowest BCUT2D eigenvalue weighted by molar-refractivity contribution is 0.391. The number of nitrogens with zero attached hydrogens (tertiary/aromatic N) is 4. The monoisotopic (exact) mass is 416 g/mol. The van der Waals surface area contributed by atoms with Gasteiger partial charge in [-0.05, 0) is 42.5 Å². The Hall–Kier alpha value is -2.99. The molecule has 2 heterocycles. The lowest BCUT2D eigenvalue weighted by atomic mass is 10.0. The van der Waals surface area contributed by atoms with Gasteiger partial charge in [-0.1, -0.05) is 79.3 Å². The molecular weight excluding hydrogens is 392 g/mol. The Morgan fingerprint density at radius 3 is 2.43 bits per heavy atom. The lowest BCUT2D eigenvalue weighted by Gasteiger charge is -2.06. The molecule has 0 aliphatic rings. The van der Waals surface area contributed by atoms with Crippen LogP contribution < -0.4 is 0 Å². The molecule has 6 heteroatoms. The van der Waals surface area contributed by atoms with Gasteiger partial charge in [-0.2, -0.15) is 4.98 Å². The Labute approximate surface area is 181 Å². The van der Waals surface area contributed by atoms with Gasteiger partial charge in [0.05, 0.1) is 11.4 Å². The molecule has 4 aromatic rings. The average Bonchev–Trinajstić information content (AvgIpc) is 3.22. The van der Waals surface area contributed by atoms with Crippen LogP contribution in [0.15, 0.2) is 70.2 Å². The molecule has 0 atom stereocenters. The van der Waals surface area contributed by atoms with Crippen LogP contribution in [0.5, 0.6) is 0 Å². The predicted molar refractivity (Wildman–Crippen MR) is 120 cm³/mol. The zero-order valence-corrected chi connectivity index (χ0v) is 18.2. The predicted octanol–water partition coefficient (Wildman–Crippen LogP) is 5.99. The summed E-state index contributed by atoms with van der Waals surface area (Å²) in [5.41, 5.74) is 5.40. The van der Waals surface area contributed by atoms with Crippen molar-refractivity contribution >= 4 is 11.8 Å². The van der Waals surface area contributed by atoms with E-state index in [0.29, 0.717) is 23.4 Å². The van der Waals surface area contributed by atoms with Gasteiger partial charge in [0, 0.05) is 11.1 Å². The molecule has 0 unspecified atom stereocenters. The van der Waals surface area contributed by atoms with Crippen molar-refractivity contribution in [2.75, 3.05) is 0 Å². The Kier molecular flexibility index (Phi) is 6.23. The molecule has 0 aliphatic heterocycles. The van der Waals surface area contributed by atoms with Crippen LogP contribution in [-0.2, 0) is 12.2 Å². The van der Waals surface area contributed by atoms with Crippen molar-refractivity contribution in [3.05, 3.63) is 77.7 Å². The van der Waals surface area contributed by atoms with Crippen LogP contribution in [0.4, 0.5) is 0 Å². The number of thioether (sulfide) groups is 1. The molecule has 0 fully saturated rings. The minimum atomic E-state index is 0.552. The van der Waals surface area contributed by atoms with Gasteiger partial charge in [-0.15, -0.1) is 10.2 Å². The van der Waals surface area contributed by atoms with Crippen LogP contribution in [0.25, 0.3) is 22.6 Å². The van der Waals surface area contributed by atoms with Crippen molar-refractivity contribution in [1.29, 1.82) is 0 Å². The second-order valence-corrected chi connectivity index (χ2v) is 8.66. The summed E-state index contributed by atoms with van der Waals surface area (Å²) < 4.78 is 5.40. The van der Waals surface area contributed by atoms with Crippen LogP contribution in [0, 0.1) is 12.8 Å². The van der Waals surface area contributed by atoms with Crippen LogP contribution in [-0.4, -0.2) is 20.3 Å². The standard InChI is InChI=1S/C24H24N4OS/c1-16(2)14-18-8-10-19(11-9-18)21-12-13-23(27-26-21)30-15-22-25-24(28-29-22)20-7-5-4-6-17(20)3/h4-13,16H,14-15H2,1-3H3. The second-order valence-electron chi connectivity index (χ2n) is 7.67. The second kappa shape index (κ2) is 9.22. The van der Waals surface area contributed by atoms with Gasteiger partial charge in [0.1, 0.15) is 5.03 Å². The number of rotatable bonds is 7. The maximum absolute atomic E-state index is 5.40. The van der Waals surface area contributed by atoms with Crippen molar-refractivity contribution in [1.82, 2.24) is 20.3 Å². The number of aromatic nitrogens is 4. The van der Waals surface area contributed by atoms with E-state index in [-0.39, 0.29) is 0 Å². The third-order valence-corrected chi connectivity index (χ3v) is 5.64. The minimum Gasteiger partial charge on any atom is -0.338 e. The summed E-state index contributed by atoms with van der Waals surface area (Å²) in [6.45, 7) is 6.50. The summed E-state index contributed by atoms with van der Waals surface area (Å²) in [4.78, 5) is 4.50. The highest BCUT2D eigenvalue weighted by Crippen LogP contribution is 2.25. The van der Waals surface area contributed by atoms with E-state index < -0.39 is 0 Å². The maximum atomic E-state index is 5.40. The Morgan fingerprint density at radius 2 is 1.73 bits per heavy atom. The Morgan fingerprint density at radius 1 is 0.933 bits per heavy atom. The van der Waals surface area contributed by atoms with Gasteiger partial charge in [-0.3, -0.25) is 0 Å². The zero-order chi connectivity index (χ0) is 20.9. The average molecular weight is 417 g/mol. The zero-order valence-electron chi connectivity index (χ0n) is 17.4. The molecule has 0 saturated carbocycles. The molecule has 4 rings (SSSR count). The third kappa shape index (κ3) is 4.94. The highest BCUT2D eigenvalue weighted by atomic mass is 32.2. The minimum absolute atomic E-state index is 0.552. The molecule has 152 valence electrons. The molecule has 2 aromatic heterocycles. The lowest BCUT2D eigenvalue weighted by Crippen LogP contribution is -1.94. The van der Waals surface area contributed by atoms with Gasteiger partial charge in [0.25, 0.3) is 0 Å². The van der Waals surface area contributed by atoms with Crippen LogP contribution >= 0.6 is 11.8 Å². The van der Waals surface area contributed by atoms with Crippen LogP contribution in [0.2, 0.25) is 0 Å². The van der Waals surface area contributed by atoms with E-state index in [1.165, 1.54) is 17.3 Å². The van der Waals surface area contributed by atoms with E-state index in [2.05, 4.69) is 58.5 Å². The van der Waals surface area contributed by atoms with Gasteiger partial charge in [-0.25, -0.2) is 0 Å². The Bertz CT molecular complexity index is 1100. The molecule has 0 radical (unpaired) electrons. The molecule has 0 amide bonds. The van der Waals surface area contributed by atoms with E-state index in [1.54, 1.807) is 0 Å². The molecule has 5 nitrogen and oxygen atoms in total. The summed E-state index contributed by atoms with van der Waals surface area (Å²) in [6.07, 6.45) is 1.09. The van der Waals surface area contributed by atoms with Crippen molar-refractivity contribution in [2.45, 2.75) is 38.0 Å². The summed E-state index contributed by atoms with van der Waals surface area (Å²) >= 11 is 1.53. The van der Waals surface area contributed by atoms with E-state index in [4.69, 9.17) is 4.52 Å². The highest BCUT2D eigenvalue weighted by molar-refractivity contribution is 7.98. The van der Waals surface area contributed by atoms with E-state index in [0.717, 1.165) is 33.8 Å². The van der Waals surface area contributed by atoms with Gasteiger partial charge >= 0.3 is 0 Å². The first-order chi connectivity index (χ1) is 14.6. The van der Waals surface area contributed by atoms with E-state index >= 15 is 0 Å². The fraction of sp³-hybridized carbons (Fsp3) is 0.250. The van der Waals surface area contributed by atoms with Crippen LogP contribution in [0.1, 0.15) is 30.9 Å². The summed E-state index contributed by atoms with van der Waals surface area (Å²) in [5, 5.41) is 13.6.